The van der Waals surface area contributed by atoms with Crippen LogP contribution in [0, 0.1) is 5.82 Å². The lowest BCUT2D eigenvalue weighted by molar-refractivity contribution is 0.0802. The highest BCUT2D eigenvalue weighted by Crippen LogP contribution is 2.20. The molecule has 1 aliphatic heterocycles. The Morgan fingerprint density at radius 1 is 1.08 bits per heavy atom. The molecule has 138 valence electrons. The van der Waals surface area contributed by atoms with Gasteiger partial charge >= 0.3 is 0 Å². The lowest BCUT2D eigenvalue weighted by Gasteiger charge is -2.24. The first-order chi connectivity index (χ1) is 12.6. The average Bonchev–Trinajstić information content (AvgIpc) is 2.94. The molecular formula is C20H25FN4O. The highest BCUT2D eigenvalue weighted by molar-refractivity contribution is 5.93. The van der Waals surface area contributed by atoms with Gasteiger partial charge in [-0.2, -0.15) is 0 Å². The number of hydrogen-bond acceptors (Lipinski definition) is 4. The Morgan fingerprint density at radius 2 is 1.77 bits per heavy atom. The third-order valence-electron chi connectivity index (χ3n) is 4.83. The molecule has 0 bridgehead atoms. The van der Waals surface area contributed by atoms with Crippen molar-refractivity contribution in [2.75, 3.05) is 49.6 Å². The standard InChI is InChI=1S/C20H25FN4O/c1-3-23(2)20(26)16-5-10-19(22-15-16)25-12-4-11-24(13-14-25)18-8-6-17(21)7-9-18/h5-10,15H,3-4,11-14H2,1-2H3. The van der Waals surface area contributed by atoms with Crippen LogP contribution < -0.4 is 9.80 Å². The lowest BCUT2D eigenvalue weighted by Crippen LogP contribution is -2.31. The summed E-state index contributed by atoms with van der Waals surface area (Å²) in [7, 11) is 1.79. The van der Waals surface area contributed by atoms with Crippen LogP contribution >= 0.6 is 0 Å². The Balaban J connectivity index is 1.65. The van der Waals surface area contributed by atoms with Crippen LogP contribution in [0.3, 0.4) is 0 Å². The first-order valence-electron chi connectivity index (χ1n) is 9.05. The smallest absolute Gasteiger partial charge is 0.255 e. The van der Waals surface area contributed by atoms with Gasteiger partial charge in [-0.1, -0.05) is 0 Å². The molecule has 6 heteroatoms. The van der Waals surface area contributed by atoms with E-state index in [0.29, 0.717) is 12.1 Å². The zero-order valence-corrected chi connectivity index (χ0v) is 15.4. The number of nitrogens with zero attached hydrogens (tertiary/aromatic N) is 4. The summed E-state index contributed by atoms with van der Waals surface area (Å²) in [6, 6.07) is 10.4. The van der Waals surface area contributed by atoms with Gasteiger partial charge < -0.3 is 14.7 Å². The van der Waals surface area contributed by atoms with E-state index in [9.17, 15) is 9.18 Å². The van der Waals surface area contributed by atoms with Crippen molar-refractivity contribution in [3.05, 3.63) is 54.0 Å². The second-order valence-corrected chi connectivity index (χ2v) is 6.53. The summed E-state index contributed by atoms with van der Waals surface area (Å²) in [5.74, 6) is 0.671. The summed E-state index contributed by atoms with van der Waals surface area (Å²) in [4.78, 5) is 22.9. The molecule has 0 atom stereocenters. The van der Waals surface area contributed by atoms with Crippen LogP contribution in [0.5, 0.6) is 0 Å². The van der Waals surface area contributed by atoms with Gasteiger partial charge in [-0.25, -0.2) is 9.37 Å². The summed E-state index contributed by atoms with van der Waals surface area (Å²) in [6.45, 7) is 6.15. The number of carbonyl (C=O) groups excluding carboxylic acids is 1. The number of amides is 1. The molecule has 5 nitrogen and oxygen atoms in total. The van der Waals surface area contributed by atoms with Gasteiger partial charge in [0.25, 0.3) is 5.91 Å². The highest BCUT2D eigenvalue weighted by Gasteiger charge is 2.17. The molecule has 26 heavy (non-hydrogen) atoms. The number of aromatic nitrogens is 1. The number of hydrogen-bond donors (Lipinski definition) is 0. The van der Waals surface area contributed by atoms with E-state index in [-0.39, 0.29) is 11.7 Å². The van der Waals surface area contributed by atoms with Crippen LogP contribution in [-0.4, -0.2) is 55.6 Å². The van der Waals surface area contributed by atoms with Crippen LogP contribution in [0.4, 0.5) is 15.9 Å². The molecule has 2 heterocycles. The molecule has 0 saturated carbocycles. The maximum Gasteiger partial charge on any atom is 0.255 e. The zero-order chi connectivity index (χ0) is 18.5. The largest absolute Gasteiger partial charge is 0.370 e. The van der Waals surface area contributed by atoms with E-state index in [4.69, 9.17) is 0 Å². The van der Waals surface area contributed by atoms with Crippen molar-refractivity contribution in [1.82, 2.24) is 9.88 Å². The van der Waals surface area contributed by atoms with Crippen LogP contribution in [0.15, 0.2) is 42.6 Å². The molecule has 1 aromatic carbocycles. The fourth-order valence-corrected chi connectivity index (χ4v) is 3.12. The van der Waals surface area contributed by atoms with Crippen molar-refractivity contribution < 1.29 is 9.18 Å². The highest BCUT2D eigenvalue weighted by atomic mass is 19.1. The molecule has 3 rings (SSSR count). The van der Waals surface area contributed by atoms with E-state index in [2.05, 4.69) is 14.8 Å². The fourth-order valence-electron chi connectivity index (χ4n) is 3.12. The van der Waals surface area contributed by atoms with Crippen LogP contribution in [0.25, 0.3) is 0 Å². The molecule has 0 spiro atoms. The minimum Gasteiger partial charge on any atom is -0.370 e. The van der Waals surface area contributed by atoms with Gasteiger partial charge in [-0.3, -0.25) is 4.79 Å². The molecular weight excluding hydrogens is 331 g/mol. The number of rotatable bonds is 4. The molecule has 0 radical (unpaired) electrons. The number of anilines is 2. The van der Waals surface area contributed by atoms with Crippen LogP contribution in [0.1, 0.15) is 23.7 Å². The Morgan fingerprint density at radius 3 is 2.42 bits per heavy atom. The number of benzene rings is 1. The number of halogens is 1. The van der Waals surface area contributed by atoms with E-state index < -0.39 is 0 Å². The predicted octanol–water partition coefficient (Wildman–Crippen LogP) is 3.03. The first-order valence-corrected chi connectivity index (χ1v) is 9.05. The lowest BCUT2D eigenvalue weighted by atomic mass is 10.2. The predicted molar refractivity (Wildman–Crippen MR) is 102 cm³/mol. The topological polar surface area (TPSA) is 39.7 Å². The van der Waals surface area contributed by atoms with E-state index in [0.717, 1.165) is 44.1 Å². The Bertz CT molecular complexity index is 732. The van der Waals surface area contributed by atoms with E-state index in [1.54, 1.807) is 18.1 Å². The molecule has 2 aromatic rings. The van der Waals surface area contributed by atoms with Gasteiger partial charge in [0, 0.05) is 51.7 Å². The second kappa shape index (κ2) is 8.17. The van der Waals surface area contributed by atoms with Crippen molar-refractivity contribution in [1.29, 1.82) is 0 Å². The second-order valence-electron chi connectivity index (χ2n) is 6.53. The fraction of sp³-hybridized carbons (Fsp3) is 0.400. The van der Waals surface area contributed by atoms with Crippen molar-refractivity contribution >= 4 is 17.4 Å². The Labute approximate surface area is 154 Å². The summed E-state index contributed by atoms with van der Waals surface area (Å²) in [5, 5.41) is 0. The monoisotopic (exact) mass is 356 g/mol. The molecule has 0 N–H and O–H groups in total. The van der Waals surface area contributed by atoms with Crippen molar-refractivity contribution in [2.45, 2.75) is 13.3 Å². The third kappa shape index (κ3) is 4.12. The van der Waals surface area contributed by atoms with Gasteiger partial charge in [0.05, 0.1) is 5.56 Å². The summed E-state index contributed by atoms with van der Waals surface area (Å²) >= 11 is 0. The molecule has 0 unspecified atom stereocenters. The third-order valence-corrected chi connectivity index (χ3v) is 4.83. The SMILES string of the molecule is CCN(C)C(=O)c1ccc(N2CCCN(c3ccc(F)cc3)CC2)nc1. The van der Waals surface area contributed by atoms with E-state index in [1.165, 1.54) is 12.1 Å². The molecule has 1 amide bonds. The van der Waals surface area contributed by atoms with Gasteiger partial charge in [0.1, 0.15) is 11.6 Å². The number of carbonyl (C=O) groups is 1. The molecule has 1 saturated heterocycles. The van der Waals surface area contributed by atoms with Gasteiger partial charge in [-0.05, 0) is 49.7 Å². The van der Waals surface area contributed by atoms with E-state index in [1.807, 2.05) is 31.2 Å². The van der Waals surface area contributed by atoms with Crippen molar-refractivity contribution in [3.8, 4) is 0 Å². The van der Waals surface area contributed by atoms with Gasteiger partial charge in [0.15, 0.2) is 0 Å². The van der Waals surface area contributed by atoms with Crippen LogP contribution in [-0.2, 0) is 0 Å². The normalized spacial score (nSPS) is 14.9. The van der Waals surface area contributed by atoms with E-state index >= 15 is 0 Å². The molecule has 1 aliphatic rings. The van der Waals surface area contributed by atoms with Crippen LogP contribution in [0.2, 0.25) is 0 Å². The first kappa shape index (κ1) is 18.2. The van der Waals surface area contributed by atoms with Gasteiger partial charge in [0.2, 0.25) is 0 Å². The maximum atomic E-state index is 13.1. The molecule has 1 aromatic heterocycles. The van der Waals surface area contributed by atoms with Crippen molar-refractivity contribution in [3.63, 3.8) is 0 Å². The molecule has 0 aliphatic carbocycles. The Kier molecular flexibility index (Phi) is 5.71. The zero-order valence-electron chi connectivity index (χ0n) is 15.4. The summed E-state index contributed by atoms with van der Waals surface area (Å²) in [5.41, 5.74) is 1.66. The Hall–Kier alpha value is -2.63. The summed E-state index contributed by atoms with van der Waals surface area (Å²) < 4.78 is 13.1. The quantitative estimate of drug-likeness (QED) is 0.844. The minimum absolute atomic E-state index is 0.00935. The van der Waals surface area contributed by atoms with Crippen molar-refractivity contribution in [2.24, 2.45) is 0 Å². The minimum atomic E-state index is -0.210. The van der Waals surface area contributed by atoms with Gasteiger partial charge in [-0.15, -0.1) is 0 Å². The molecule has 1 fully saturated rings. The maximum absolute atomic E-state index is 13.1. The number of pyridine rings is 1. The average molecular weight is 356 g/mol. The summed E-state index contributed by atoms with van der Waals surface area (Å²) in [6.07, 6.45) is 2.66.